The van der Waals surface area contributed by atoms with Gasteiger partial charge in [-0.1, -0.05) is 0 Å². The molecular weight excluding hydrogens is 286 g/mol. The first kappa shape index (κ1) is 14.4. The van der Waals surface area contributed by atoms with Crippen LogP contribution >= 0.6 is 0 Å². The van der Waals surface area contributed by atoms with Crippen LogP contribution in [0.15, 0.2) is 23.2 Å². The van der Waals surface area contributed by atoms with Crippen molar-refractivity contribution in [3.8, 4) is 0 Å². The third-order valence-electron chi connectivity index (χ3n) is 3.08. The molecule has 2 rings (SSSR count). The fraction of sp³-hybridized carbons (Fsp3) is 0.364. The molecule has 1 aromatic rings. The number of nitrogens with zero attached hydrogens (tertiary/aromatic N) is 2. The van der Waals surface area contributed by atoms with E-state index in [4.69, 9.17) is 10.2 Å². The van der Waals surface area contributed by atoms with Gasteiger partial charge < -0.3 is 10.0 Å². The number of hydrogen-bond donors (Lipinski definition) is 2. The number of sulfonamides is 1. The van der Waals surface area contributed by atoms with E-state index in [0.717, 1.165) is 6.20 Å². The second-order valence-electron chi connectivity index (χ2n) is 4.42. The Morgan fingerprint density at radius 1 is 1.40 bits per heavy atom. The van der Waals surface area contributed by atoms with Crippen molar-refractivity contribution in [1.82, 2.24) is 9.88 Å². The van der Waals surface area contributed by atoms with E-state index in [0.29, 0.717) is 19.4 Å². The molecule has 1 amide bonds. The average Bonchev–Trinajstić information content (AvgIpc) is 2.86. The van der Waals surface area contributed by atoms with Crippen LogP contribution in [-0.2, 0) is 14.8 Å². The van der Waals surface area contributed by atoms with Crippen LogP contribution in [0.3, 0.4) is 0 Å². The van der Waals surface area contributed by atoms with Gasteiger partial charge in [-0.15, -0.1) is 0 Å². The summed E-state index contributed by atoms with van der Waals surface area (Å²) in [6.45, 7) is 0.342. The summed E-state index contributed by atoms with van der Waals surface area (Å²) in [5.41, 5.74) is -0.00875. The van der Waals surface area contributed by atoms with E-state index < -0.39 is 27.9 Å². The van der Waals surface area contributed by atoms with E-state index in [1.165, 1.54) is 17.0 Å². The second-order valence-corrected chi connectivity index (χ2v) is 5.98. The highest BCUT2D eigenvalue weighted by atomic mass is 32.2. The minimum Gasteiger partial charge on any atom is -0.480 e. The van der Waals surface area contributed by atoms with Crippen molar-refractivity contribution in [3.63, 3.8) is 0 Å². The molecule has 0 saturated carbocycles. The lowest BCUT2D eigenvalue weighted by Crippen LogP contribution is -2.40. The van der Waals surface area contributed by atoms with Crippen molar-refractivity contribution < 1.29 is 23.1 Å². The summed E-state index contributed by atoms with van der Waals surface area (Å²) in [5, 5.41) is 13.9. The number of likely N-dealkylation sites (tertiary alicyclic amines) is 1. The normalized spacial score (nSPS) is 19.1. The smallest absolute Gasteiger partial charge is 0.326 e. The van der Waals surface area contributed by atoms with E-state index in [1.807, 2.05) is 0 Å². The molecular formula is C11H13N3O5S. The number of carbonyl (C=O) groups excluding carboxylic acids is 1. The van der Waals surface area contributed by atoms with Crippen molar-refractivity contribution in [2.45, 2.75) is 23.8 Å². The number of nitrogens with two attached hydrogens (primary N) is 1. The minimum absolute atomic E-state index is 0.00875. The van der Waals surface area contributed by atoms with Gasteiger partial charge in [0.1, 0.15) is 16.6 Å². The number of carboxylic acid groups (broad SMARTS) is 1. The zero-order valence-electron chi connectivity index (χ0n) is 10.4. The highest BCUT2D eigenvalue weighted by molar-refractivity contribution is 7.89. The molecule has 0 radical (unpaired) electrons. The number of aliphatic carboxylic acids is 1. The molecule has 1 atom stereocenters. The molecule has 1 aromatic heterocycles. The molecule has 3 N–H and O–H groups in total. The SMILES string of the molecule is NS(=O)(=O)c1ccc(C(=O)N2CCC[C@H]2C(=O)O)nc1. The summed E-state index contributed by atoms with van der Waals surface area (Å²) in [4.78, 5) is 27.9. The summed E-state index contributed by atoms with van der Waals surface area (Å²) >= 11 is 0. The van der Waals surface area contributed by atoms with Gasteiger partial charge in [0, 0.05) is 12.7 Å². The molecule has 108 valence electrons. The Balaban J connectivity index is 2.24. The van der Waals surface area contributed by atoms with Gasteiger partial charge in [-0.05, 0) is 25.0 Å². The van der Waals surface area contributed by atoms with Crippen molar-refractivity contribution in [2.75, 3.05) is 6.54 Å². The van der Waals surface area contributed by atoms with E-state index in [1.54, 1.807) is 0 Å². The van der Waals surface area contributed by atoms with Crippen LogP contribution in [0.4, 0.5) is 0 Å². The average molecular weight is 299 g/mol. The number of primary sulfonamides is 1. The lowest BCUT2D eigenvalue weighted by Gasteiger charge is -2.20. The molecule has 0 aliphatic carbocycles. The first-order chi connectivity index (χ1) is 9.30. The largest absolute Gasteiger partial charge is 0.480 e. The lowest BCUT2D eigenvalue weighted by atomic mass is 10.2. The Morgan fingerprint density at radius 3 is 2.60 bits per heavy atom. The molecule has 1 aliphatic heterocycles. The van der Waals surface area contributed by atoms with Crippen molar-refractivity contribution in [1.29, 1.82) is 0 Å². The number of carboxylic acids is 1. The third kappa shape index (κ3) is 2.78. The first-order valence-electron chi connectivity index (χ1n) is 5.83. The molecule has 1 aliphatic rings. The molecule has 1 fully saturated rings. The quantitative estimate of drug-likeness (QED) is 0.767. The Kier molecular flexibility index (Phi) is 3.73. The van der Waals surface area contributed by atoms with Gasteiger partial charge in [-0.3, -0.25) is 4.79 Å². The molecule has 2 heterocycles. The van der Waals surface area contributed by atoms with E-state index in [9.17, 15) is 18.0 Å². The van der Waals surface area contributed by atoms with Crippen LogP contribution in [-0.4, -0.2) is 47.9 Å². The van der Waals surface area contributed by atoms with Gasteiger partial charge in [0.15, 0.2) is 0 Å². The molecule has 0 spiro atoms. The van der Waals surface area contributed by atoms with Gasteiger partial charge >= 0.3 is 5.97 Å². The minimum atomic E-state index is -3.87. The predicted octanol–water partition coefficient (Wildman–Crippen LogP) is -0.582. The molecule has 1 saturated heterocycles. The van der Waals surface area contributed by atoms with Crippen molar-refractivity contribution >= 4 is 21.9 Å². The first-order valence-corrected chi connectivity index (χ1v) is 7.38. The Morgan fingerprint density at radius 2 is 2.10 bits per heavy atom. The van der Waals surface area contributed by atoms with Crippen LogP contribution in [0.25, 0.3) is 0 Å². The topological polar surface area (TPSA) is 131 Å². The van der Waals surface area contributed by atoms with Gasteiger partial charge in [-0.2, -0.15) is 0 Å². The Labute approximate surface area is 115 Å². The predicted molar refractivity (Wildman–Crippen MR) is 67.3 cm³/mol. The number of rotatable bonds is 3. The third-order valence-corrected chi connectivity index (χ3v) is 3.98. The summed E-state index contributed by atoms with van der Waals surface area (Å²) in [6.07, 6.45) is 1.99. The zero-order valence-corrected chi connectivity index (χ0v) is 11.2. The van der Waals surface area contributed by atoms with Crippen LogP contribution in [0, 0.1) is 0 Å². The van der Waals surface area contributed by atoms with Gasteiger partial charge in [0.25, 0.3) is 5.91 Å². The van der Waals surface area contributed by atoms with Crippen LogP contribution in [0.5, 0.6) is 0 Å². The molecule has 0 unspecified atom stereocenters. The number of hydrogen-bond acceptors (Lipinski definition) is 5. The fourth-order valence-electron chi connectivity index (χ4n) is 2.09. The molecule has 0 aromatic carbocycles. The highest BCUT2D eigenvalue weighted by Crippen LogP contribution is 2.20. The summed E-state index contributed by atoms with van der Waals surface area (Å²) in [5.74, 6) is -1.59. The number of carbonyl (C=O) groups is 2. The zero-order chi connectivity index (χ0) is 14.9. The van der Waals surface area contributed by atoms with Crippen LogP contribution in [0.1, 0.15) is 23.3 Å². The van der Waals surface area contributed by atoms with E-state index in [-0.39, 0.29) is 10.6 Å². The van der Waals surface area contributed by atoms with Crippen LogP contribution < -0.4 is 5.14 Å². The lowest BCUT2D eigenvalue weighted by molar-refractivity contribution is -0.141. The summed E-state index contributed by atoms with van der Waals surface area (Å²) < 4.78 is 22.2. The number of amides is 1. The van der Waals surface area contributed by atoms with Crippen molar-refractivity contribution in [2.24, 2.45) is 5.14 Å². The van der Waals surface area contributed by atoms with Gasteiger partial charge in [0.2, 0.25) is 10.0 Å². The van der Waals surface area contributed by atoms with Crippen molar-refractivity contribution in [3.05, 3.63) is 24.0 Å². The number of aromatic nitrogens is 1. The molecule has 0 bridgehead atoms. The Bertz CT molecular complexity index is 641. The number of pyridine rings is 1. The molecule has 9 heteroatoms. The molecule has 20 heavy (non-hydrogen) atoms. The fourth-order valence-corrected chi connectivity index (χ4v) is 2.55. The maximum Gasteiger partial charge on any atom is 0.326 e. The monoisotopic (exact) mass is 299 g/mol. The van der Waals surface area contributed by atoms with Crippen LogP contribution in [0.2, 0.25) is 0 Å². The van der Waals surface area contributed by atoms with E-state index >= 15 is 0 Å². The summed E-state index contributed by atoms with van der Waals surface area (Å²) in [6, 6.07) is 1.53. The van der Waals surface area contributed by atoms with Gasteiger partial charge in [-0.25, -0.2) is 23.3 Å². The second kappa shape index (κ2) is 5.17. The van der Waals surface area contributed by atoms with E-state index in [2.05, 4.69) is 4.98 Å². The molecule has 8 nitrogen and oxygen atoms in total. The standard InChI is InChI=1S/C11H13N3O5S/c12-20(18,19)7-3-4-8(13-6-7)10(15)14-5-1-2-9(14)11(16)17/h3-4,6,9H,1-2,5H2,(H,16,17)(H2,12,18,19)/t9-/m0/s1. The van der Waals surface area contributed by atoms with Gasteiger partial charge in [0.05, 0.1) is 0 Å². The maximum absolute atomic E-state index is 12.1. The summed E-state index contributed by atoms with van der Waals surface area (Å²) in [7, 11) is -3.87. The maximum atomic E-state index is 12.1. The highest BCUT2D eigenvalue weighted by Gasteiger charge is 2.34. The Hall–Kier alpha value is -2.00.